The zero-order chi connectivity index (χ0) is 23.7. The summed E-state index contributed by atoms with van der Waals surface area (Å²) in [6.07, 6.45) is 0.420. The van der Waals surface area contributed by atoms with E-state index in [2.05, 4.69) is 21.5 Å². The van der Waals surface area contributed by atoms with E-state index in [-0.39, 0.29) is 23.5 Å². The van der Waals surface area contributed by atoms with Crippen LogP contribution in [0.25, 0.3) is 11.0 Å². The zero-order valence-corrected chi connectivity index (χ0v) is 18.5. The average molecular weight is 457 g/mol. The lowest BCUT2D eigenvalue weighted by Gasteiger charge is -2.12. The first-order valence-electron chi connectivity index (χ1n) is 11.0. The van der Waals surface area contributed by atoms with E-state index >= 15 is 0 Å². The highest BCUT2D eigenvalue weighted by Crippen LogP contribution is 2.33. The van der Waals surface area contributed by atoms with Crippen molar-refractivity contribution in [1.82, 2.24) is 10.9 Å². The molecule has 2 heterocycles. The van der Waals surface area contributed by atoms with Gasteiger partial charge in [-0.1, -0.05) is 42.5 Å². The zero-order valence-electron chi connectivity index (χ0n) is 18.5. The number of hydrogen-bond acceptors (Lipinski definition) is 6. The summed E-state index contributed by atoms with van der Waals surface area (Å²) in [7, 11) is 0. The van der Waals surface area contributed by atoms with Crippen molar-refractivity contribution >= 4 is 34.2 Å². The van der Waals surface area contributed by atoms with Crippen molar-refractivity contribution in [3.05, 3.63) is 89.7 Å². The van der Waals surface area contributed by atoms with E-state index in [1.165, 1.54) is 0 Å². The number of aryl methyl sites for hydroxylation is 1. The number of phenols is 1. The number of furan rings is 1. The molecule has 34 heavy (non-hydrogen) atoms. The van der Waals surface area contributed by atoms with Gasteiger partial charge in [-0.15, -0.1) is 0 Å². The fourth-order valence-corrected chi connectivity index (χ4v) is 4.13. The molecule has 1 saturated heterocycles. The van der Waals surface area contributed by atoms with E-state index in [4.69, 9.17) is 4.42 Å². The van der Waals surface area contributed by atoms with Crippen molar-refractivity contribution in [2.24, 2.45) is 0 Å². The maximum Gasteiger partial charge on any atom is 0.293 e. The topological polar surface area (TPSA) is 116 Å². The lowest BCUT2D eigenvalue weighted by atomic mass is 9.99. The minimum absolute atomic E-state index is 0.0251. The van der Waals surface area contributed by atoms with Crippen LogP contribution >= 0.6 is 0 Å². The molecular weight excluding hydrogens is 432 g/mol. The normalized spacial score (nSPS) is 17.6. The third-order valence-electron chi connectivity index (χ3n) is 5.86. The van der Waals surface area contributed by atoms with Gasteiger partial charge in [-0.05, 0) is 49.2 Å². The summed E-state index contributed by atoms with van der Waals surface area (Å²) in [4.78, 5) is 26.2. The van der Waals surface area contributed by atoms with E-state index in [1.807, 2.05) is 43.3 Å². The molecule has 3 aromatic carbocycles. The summed E-state index contributed by atoms with van der Waals surface area (Å²) in [5.74, 6) is -0.572. The number of para-hydroxylation sites is 2. The van der Waals surface area contributed by atoms with Crippen molar-refractivity contribution in [2.45, 2.75) is 25.4 Å². The number of hydrogen-bond donors (Lipinski definition) is 5. The van der Waals surface area contributed by atoms with Gasteiger partial charge in [-0.2, -0.15) is 0 Å². The quantitative estimate of drug-likeness (QED) is 0.307. The minimum Gasteiger partial charge on any atom is -0.508 e. The molecule has 172 valence electrons. The Morgan fingerprint density at radius 1 is 0.971 bits per heavy atom. The highest BCUT2D eigenvalue weighted by molar-refractivity contribution is 6.15. The van der Waals surface area contributed by atoms with Crippen LogP contribution in [0.2, 0.25) is 0 Å². The summed E-state index contributed by atoms with van der Waals surface area (Å²) < 4.78 is 5.82. The molecule has 0 radical (unpaired) electrons. The Bertz CT molecular complexity index is 1370. The van der Waals surface area contributed by atoms with Crippen LogP contribution < -0.4 is 21.5 Å². The van der Waals surface area contributed by atoms with E-state index in [0.29, 0.717) is 34.3 Å². The first-order chi connectivity index (χ1) is 16.5. The van der Waals surface area contributed by atoms with Gasteiger partial charge in [0, 0.05) is 16.6 Å². The van der Waals surface area contributed by atoms with Crippen LogP contribution in [0.5, 0.6) is 5.75 Å². The number of carbonyl (C=O) groups is 2. The van der Waals surface area contributed by atoms with Crippen LogP contribution in [0.1, 0.15) is 34.1 Å². The second-order valence-electron chi connectivity index (χ2n) is 8.30. The van der Waals surface area contributed by atoms with Gasteiger partial charge >= 0.3 is 0 Å². The van der Waals surface area contributed by atoms with Gasteiger partial charge in [-0.25, -0.2) is 10.9 Å². The summed E-state index contributed by atoms with van der Waals surface area (Å²) in [5, 5.41) is 16.6. The lowest BCUT2D eigenvalue weighted by Crippen LogP contribution is -2.39. The Balaban J connectivity index is 1.37. The Morgan fingerprint density at radius 2 is 1.74 bits per heavy atom. The maximum absolute atomic E-state index is 13.2. The molecule has 1 aromatic heterocycles. The van der Waals surface area contributed by atoms with Crippen LogP contribution in [-0.4, -0.2) is 23.0 Å². The molecule has 1 fully saturated rings. The molecule has 4 aromatic rings. The van der Waals surface area contributed by atoms with Gasteiger partial charge < -0.3 is 20.2 Å². The Kier molecular flexibility index (Phi) is 5.75. The third kappa shape index (κ3) is 4.24. The van der Waals surface area contributed by atoms with Gasteiger partial charge in [0.15, 0.2) is 0 Å². The Morgan fingerprint density at radius 3 is 2.53 bits per heavy atom. The predicted molar refractivity (Wildman–Crippen MR) is 130 cm³/mol. The molecule has 0 spiro atoms. The van der Waals surface area contributed by atoms with Gasteiger partial charge in [0.25, 0.3) is 5.91 Å². The van der Waals surface area contributed by atoms with Crippen LogP contribution in [0, 0.1) is 6.92 Å². The van der Waals surface area contributed by atoms with Gasteiger partial charge in [0.05, 0.1) is 6.04 Å². The van der Waals surface area contributed by atoms with E-state index in [9.17, 15) is 14.7 Å². The monoisotopic (exact) mass is 456 g/mol. The molecule has 2 unspecified atom stereocenters. The molecule has 0 saturated carbocycles. The molecule has 8 nitrogen and oxygen atoms in total. The number of phenolic OH excluding ortho intramolecular Hbond substituents is 1. The SMILES string of the molecule is Cc1ccc(C2CC(C(=O)Nc3c(C(=O)Nc4ccccc4)oc4ccccc34)NN2)c(O)c1. The number of rotatable bonds is 5. The van der Waals surface area contributed by atoms with Crippen molar-refractivity contribution in [3.8, 4) is 5.75 Å². The maximum atomic E-state index is 13.2. The van der Waals surface area contributed by atoms with Gasteiger partial charge in [0.1, 0.15) is 23.1 Å². The largest absolute Gasteiger partial charge is 0.508 e. The first-order valence-corrected chi connectivity index (χ1v) is 11.0. The minimum atomic E-state index is -0.579. The summed E-state index contributed by atoms with van der Waals surface area (Å²) in [6, 6.07) is 20.8. The fraction of sp³-hybridized carbons (Fsp3) is 0.154. The second-order valence-corrected chi connectivity index (χ2v) is 8.30. The third-order valence-corrected chi connectivity index (χ3v) is 5.86. The molecule has 8 heteroatoms. The van der Waals surface area contributed by atoms with Crippen LogP contribution in [0.4, 0.5) is 11.4 Å². The number of fused-ring (bicyclic) bond motifs is 1. The van der Waals surface area contributed by atoms with Crippen molar-refractivity contribution < 1.29 is 19.1 Å². The average Bonchev–Trinajstić information content (AvgIpc) is 3.46. The van der Waals surface area contributed by atoms with Crippen LogP contribution in [0.15, 0.2) is 77.2 Å². The number of amides is 2. The van der Waals surface area contributed by atoms with Crippen LogP contribution in [-0.2, 0) is 4.79 Å². The fourth-order valence-electron chi connectivity index (χ4n) is 4.13. The molecule has 0 aliphatic carbocycles. The molecule has 1 aliphatic rings. The molecule has 2 amide bonds. The highest BCUT2D eigenvalue weighted by atomic mass is 16.3. The Hall–Kier alpha value is -4.14. The van der Waals surface area contributed by atoms with E-state index in [0.717, 1.165) is 5.56 Å². The van der Waals surface area contributed by atoms with Gasteiger partial charge in [-0.3, -0.25) is 9.59 Å². The predicted octanol–water partition coefficient (Wildman–Crippen LogP) is 4.25. The molecule has 5 rings (SSSR count). The standard InChI is InChI=1S/C26H24N4O4/c1-15-11-12-17(21(31)13-15)19-14-20(30-29-19)25(32)28-23-18-9-5-6-10-22(18)34-24(23)26(33)27-16-7-3-2-4-8-16/h2-13,19-20,29-31H,14H2,1H3,(H,27,33)(H,28,32). The molecule has 0 bridgehead atoms. The number of carbonyl (C=O) groups excluding carboxylic acids is 2. The number of hydrazine groups is 1. The number of benzene rings is 3. The number of nitrogens with one attached hydrogen (secondary N) is 4. The van der Waals surface area contributed by atoms with E-state index < -0.39 is 11.9 Å². The number of anilines is 2. The van der Waals surface area contributed by atoms with Gasteiger partial charge in [0.2, 0.25) is 11.7 Å². The summed E-state index contributed by atoms with van der Waals surface area (Å²) >= 11 is 0. The summed E-state index contributed by atoms with van der Waals surface area (Å²) in [5.41, 5.74) is 9.17. The summed E-state index contributed by atoms with van der Waals surface area (Å²) in [6.45, 7) is 1.90. The second kappa shape index (κ2) is 9.01. The molecule has 2 atom stereocenters. The van der Waals surface area contributed by atoms with Crippen molar-refractivity contribution in [2.75, 3.05) is 10.6 Å². The molecule has 5 N–H and O–H groups in total. The lowest BCUT2D eigenvalue weighted by molar-refractivity contribution is -0.117. The molecular formula is C26H24N4O4. The Labute approximate surface area is 195 Å². The first kappa shape index (κ1) is 21.7. The van der Waals surface area contributed by atoms with Crippen LogP contribution in [0.3, 0.4) is 0 Å². The van der Waals surface area contributed by atoms with Crippen molar-refractivity contribution in [1.29, 1.82) is 0 Å². The van der Waals surface area contributed by atoms with Crippen molar-refractivity contribution in [3.63, 3.8) is 0 Å². The number of aromatic hydroxyl groups is 1. The molecule has 1 aliphatic heterocycles. The van der Waals surface area contributed by atoms with E-state index in [1.54, 1.807) is 36.4 Å². The highest BCUT2D eigenvalue weighted by Gasteiger charge is 2.33. The smallest absolute Gasteiger partial charge is 0.293 e.